The van der Waals surface area contributed by atoms with Crippen LogP contribution in [0.25, 0.3) is 0 Å². The van der Waals surface area contributed by atoms with E-state index in [-0.39, 0.29) is 24.0 Å². The highest BCUT2D eigenvalue weighted by atomic mass is 127. The van der Waals surface area contributed by atoms with E-state index in [0.29, 0.717) is 6.04 Å². The highest BCUT2D eigenvalue weighted by Crippen LogP contribution is 2.08. The second-order valence-corrected chi connectivity index (χ2v) is 5.02. The van der Waals surface area contributed by atoms with Crippen LogP contribution in [0.2, 0.25) is 0 Å². The lowest BCUT2D eigenvalue weighted by Crippen LogP contribution is -2.43. The summed E-state index contributed by atoms with van der Waals surface area (Å²) in [6, 6.07) is 9.20. The van der Waals surface area contributed by atoms with Gasteiger partial charge >= 0.3 is 0 Å². The molecule has 1 aromatic carbocycles. The Labute approximate surface area is 139 Å². The number of nitrogens with zero attached hydrogens (tertiary/aromatic N) is 1. The van der Waals surface area contributed by atoms with Crippen LogP contribution in [0, 0.1) is 6.92 Å². The van der Waals surface area contributed by atoms with Gasteiger partial charge in [0.25, 0.3) is 0 Å². The van der Waals surface area contributed by atoms with E-state index in [4.69, 9.17) is 0 Å². The van der Waals surface area contributed by atoms with Crippen molar-refractivity contribution in [1.82, 2.24) is 10.6 Å². The third kappa shape index (κ3) is 5.53. The average molecular weight is 385 g/mol. The number of halogens is 1. The van der Waals surface area contributed by atoms with Crippen molar-refractivity contribution in [2.45, 2.75) is 32.2 Å². The molecule has 2 rings (SSSR count). The average Bonchev–Trinajstić information content (AvgIpc) is 2.93. The van der Waals surface area contributed by atoms with Crippen molar-refractivity contribution in [1.29, 1.82) is 0 Å². The van der Waals surface area contributed by atoms with Crippen LogP contribution in [0.3, 0.4) is 0 Å². The molecule has 110 valence electrons. The molecular formula is C16H24IN3. The van der Waals surface area contributed by atoms with Gasteiger partial charge in [0.1, 0.15) is 0 Å². The normalized spacial score (nSPS) is 15.0. The van der Waals surface area contributed by atoms with Gasteiger partial charge in [-0.1, -0.05) is 42.0 Å². The Balaban J connectivity index is 0.00000200. The second kappa shape index (κ2) is 9.00. The molecule has 0 bridgehead atoms. The minimum absolute atomic E-state index is 0. The van der Waals surface area contributed by atoms with Crippen molar-refractivity contribution in [3.8, 4) is 0 Å². The molecule has 0 aliphatic heterocycles. The van der Waals surface area contributed by atoms with Gasteiger partial charge in [-0.05, 0) is 31.7 Å². The Kier molecular flexibility index (Phi) is 7.65. The van der Waals surface area contributed by atoms with Crippen molar-refractivity contribution in [3.05, 3.63) is 47.5 Å². The van der Waals surface area contributed by atoms with Gasteiger partial charge in [-0.15, -0.1) is 24.0 Å². The van der Waals surface area contributed by atoms with Crippen LogP contribution in [0.4, 0.5) is 0 Å². The van der Waals surface area contributed by atoms with Crippen LogP contribution in [0.15, 0.2) is 41.4 Å². The van der Waals surface area contributed by atoms with E-state index in [9.17, 15) is 0 Å². The van der Waals surface area contributed by atoms with E-state index >= 15 is 0 Å². The molecule has 0 heterocycles. The Hall–Kier alpha value is -1.04. The summed E-state index contributed by atoms with van der Waals surface area (Å²) in [5.41, 5.74) is 2.67. The molecule has 0 fully saturated rings. The van der Waals surface area contributed by atoms with Gasteiger partial charge in [-0.2, -0.15) is 0 Å². The number of aliphatic imine (C=N–C) groups is 1. The first-order valence-corrected chi connectivity index (χ1v) is 6.95. The van der Waals surface area contributed by atoms with Crippen molar-refractivity contribution in [2.75, 3.05) is 13.6 Å². The molecule has 20 heavy (non-hydrogen) atoms. The number of aryl methyl sites for hydroxylation is 1. The molecule has 1 aliphatic rings. The largest absolute Gasteiger partial charge is 0.356 e. The smallest absolute Gasteiger partial charge is 0.191 e. The Morgan fingerprint density at radius 2 is 1.85 bits per heavy atom. The van der Waals surface area contributed by atoms with E-state index in [1.807, 2.05) is 7.05 Å². The summed E-state index contributed by atoms with van der Waals surface area (Å²) in [6.07, 6.45) is 7.65. The van der Waals surface area contributed by atoms with Crippen LogP contribution in [0.1, 0.15) is 24.0 Å². The zero-order valence-corrected chi connectivity index (χ0v) is 14.6. The summed E-state index contributed by atoms with van der Waals surface area (Å²) in [4.78, 5) is 4.26. The minimum Gasteiger partial charge on any atom is -0.356 e. The molecule has 1 aromatic rings. The number of nitrogens with one attached hydrogen (secondary N) is 2. The highest BCUT2D eigenvalue weighted by molar-refractivity contribution is 14.0. The third-order valence-corrected chi connectivity index (χ3v) is 3.40. The molecule has 0 atom stereocenters. The van der Waals surface area contributed by atoms with Gasteiger partial charge in [0.05, 0.1) is 0 Å². The van der Waals surface area contributed by atoms with Crippen LogP contribution in [-0.4, -0.2) is 25.6 Å². The maximum absolute atomic E-state index is 4.26. The summed E-state index contributed by atoms with van der Waals surface area (Å²) in [7, 11) is 1.82. The third-order valence-electron chi connectivity index (χ3n) is 3.40. The number of guanidine groups is 1. The van der Waals surface area contributed by atoms with Crippen LogP contribution in [0.5, 0.6) is 0 Å². The fraction of sp³-hybridized carbons (Fsp3) is 0.438. The summed E-state index contributed by atoms with van der Waals surface area (Å²) in [5.74, 6) is 0.904. The minimum atomic E-state index is 0. The first-order valence-electron chi connectivity index (χ1n) is 6.95. The number of rotatable bonds is 4. The zero-order valence-electron chi connectivity index (χ0n) is 12.2. The van der Waals surface area contributed by atoms with Crippen molar-refractivity contribution in [3.63, 3.8) is 0 Å². The zero-order chi connectivity index (χ0) is 13.5. The first kappa shape index (κ1) is 17.0. The summed E-state index contributed by atoms with van der Waals surface area (Å²) in [6.45, 7) is 3.02. The van der Waals surface area contributed by atoms with Gasteiger partial charge in [0.15, 0.2) is 5.96 Å². The Morgan fingerprint density at radius 1 is 1.20 bits per heavy atom. The lowest BCUT2D eigenvalue weighted by molar-refractivity contribution is 0.633. The maximum atomic E-state index is 4.26. The van der Waals surface area contributed by atoms with E-state index in [1.54, 1.807) is 0 Å². The van der Waals surface area contributed by atoms with Gasteiger partial charge < -0.3 is 10.6 Å². The fourth-order valence-corrected chi connectivity index (χ4v) is 2.20. The summed E-state index contributed by atoms with van der Waals surface area (Å²) < 4.78 is 0. The Morgan fingerprint density at radius 3 is 2.45 bits per heavy atom. The monoisotopic (exact) mass is 385 g/mol. The van der Waals surface area contributed by atoms with E-state index < -0.39 is 0 Å². The van der Waals surface area contributed by atoms with Crippen molar-refractivity contribution >= 4 is 29.9 Å². The molecule has 1 aliphatic carbocycles. The van der Waals surface area contributed by atoms with Crippen LogP contribution < -0.4 is 10.6 Å². The van der Waals surface area contributed by atoms with Crippen LogP contribution in [-0.2, 0) is 6.42 Å². The lowest BCUT2D eigenvalue weighted by Gasteiger charge is -2.16. The van der Waals surface area contributed by atoms with E-state index in [1.165, 1.54) is 11.1 Å². The SMILES string of the molecule is CN=C(NCCc1ccc(C)cc1)NC1CC=CC1.I. The van der Waals surface area contributed by atoms with Gasteiger partial charge in [-0.3, -0.25) is 4.99 Å². The van der Waals surface area contributed by atoms with Crippen molar-refractivity contribution in [2.24, 2.45) is 4.99 Å². The number of benzene rings is 1. The molecule has 0 saturated heterocycles. The second-order valence-electron chi connectivity index (χ2n) is 5.02. The fourth-order valence-electron chi connectivity index (χ4n) is 2.20. The molecule has 0 unspecified atom stereocenters. The molecule has 0 aromatic heterocycles. The number of hydrogen-bond acceptors (Lipinski definition) is 1. The molecule has 3 nitrogen and oxygen atoms in total. The molecule has 0 saturated carbocycles. The molecule has 0 amide bonds. The molecular weight excluding hydrogens is 361 g/mol. The molecule has 0 spiro atoms. The lowest BCUT2D eigenvalue weighted by atomic mass is 10.1. The molecule has 4 heteroatoms. The standard InChI is InChI=1S/C16H23N3.HI/c1-13-7-9-14(10-8-13)11-12-18-16(17-2)19-15-5-3-4-6-15;/h3-4,7-10,15H,5-6,11-12H2,1-2H3,(H2,17,18,19);1H. The molecule has 0 radical (unpaired) electrons. The van der Waals surface area contributed by atoms with E-state index in [2.05, 4.69) is 59.0 Å². The maximum Gasteiger partial charge on any atom is 0.191 e. The predicted octanol–water partition coefficient (Wildman–Crippen LogP) is 3.04. The van der Waals surface area contributed by atoms with E-state index in [0.717, 1.165) is 31.8 Å². The van der Waals surface area contributed by atoms with Gasteiger partial charge in [0, 0.05) is 19.6 Å². The quantitative estimate of drug-likeness (QED) is 0.362. The first-order chi connectivity index (χ1) is 9.28. The Bertz CT molecular complexity index is 443. The van der Waals surface area contributed by atoms with Crippen molar-refractivity contribution < 1.29 is 0 Å². The van der Waals surface area contributed by atoms with Gasteiger partial charge in [-0.25, -0.2) is 0 Å². The summed E-state index contributed by atoms with van der Waals surface area (Å²) >= 11 is 0. The molecule has 2 N–H and O–H groups in total. The topological polar surface area (TPSA) is 36.4 Å². The highest BCUT2D eigenvalue weighted by Gasteiger charge is 2.11. The number of hydrogen-bond donors (Lipinski definition) is 2. The van der Waals surface area contributed by atoms with Gasteiger partial charge in [0.2, 0.25) is 0 Å². The predicted molar refractivity (Wildman–Crippen MR) is 97.0 cm³/mol. The van der Waals surface area contributed by atoms with Crippen LogP contribution >= 0.6 is 24.0 Å². The summed E-state index contributed by atoms with van der Waals surface area (Å²) in [5, 5.41) is 6.81.